The van der Waals surface area contributed by atoms with Crippen LogP contribution in [-0.2, 0) is 13.6 Å². The first-order chi connectivity index (χ1) is 8.15. The summed E-state index contributed by atoms with van der Waals surface area (Å²) in [5, 5.41) is 18.8. The molecule has 0 aromatic carbocycles. The summed E-state index contributed by atoms with van der Waals surface area (Å²) in [4.78, 5) is 0. The summed E-state index contributed by atoms with van der Waals surface area (Å²) < 4.78 is 1.87. The van der Waals surface area contributed by atoms with Crippen LogP contribution in [0, 0.1) is 6.92 Å². The Kier molecular flexibility index (Phi) is 5.48. The summed E-state index contributed by atoms with van der Waals surface area (Å²) in [5.74, 6) is 0.299. The molecule has 0 atom stereocenters. The van der Waals surface area contributed by atoms with Crippen molar-refractivity contribution in [1.29, 1.82) is 0 Å². The number of aromatic nitrogens is 2. The van der Waals surface area contributed by atoms with E-state index < -0.39 is 0 Å². The molecule has 1 aromatic heterocycles. The molecule has 0 saturated heterocycles. The van der Waals surface area contributed by atoms with Gasteiger partial charge in [-0.15, -0.1) is 0 Å². The number of hydrogen-bond donors (Lipinski definition) is 3. The molecule has 0 unspecified atom stereocenters. The number of rotatable bonds is 7. The van der Waals surface area contributed by atoms with Crippen LogP contribution in [0.2, 0.25) is 0 Å². The highest BCUT2D eigenvalue weighted by Crippen LogP contribution is 2.04. The van der Waals surface area contributed by atoms with Gasteiger partial charge in [0.2, 0.25) is 0 Å². The number of nitrogens with two attached hydrogens (primary N) is 1. The molecule has 0 aliphatic heterocycles. The number of nitrogens with one attached hydrogen (secondary N) is 1. The van der Waals surface area contributed by atoms with Gasteiger partial charge in [0.1, 0.15) is 5.84 Å². The van der Waals surface area contributed by atoms with Crippen LogP contribution in [0.25, 0.3) is 0 Å². The second-order valence-electron chi connectivity index (χ2n) is 4.10. The van der Waals surface area contributed by atoms with Crippen molar-refractivity contribution in [3.63, 3.8) is 0 Å². The number of nitrogens with zero attached hydrogens (tertiary/aromatic N) is 3. The van der Waals surface area contributed by atoms with E-state index in [1.165, 1.54) is 11.3 Å². The molecule has 0 spiro atoms. The normalized spacial score (nSPS) is 12.0. The maximum atomic E-state index is 8.36. The Hall–Kier alpha value is -1.56. The number of unbranched alkanes of at least 4 members (excludes halogenated alkanes) is 1. The van der Waals surface area contributed by atoms with E-state index >= 15 is 0 Å². The smallest absolute Gasteiger partial charge is 0.139 e. The van der Waals surface area contributed by atoms with Crippen LogP contribution in [0.1, 0.15) is 30.5 Å². The van der Waals surface area contributed by atoms with Crippen LogP contribution in [0.3, 0.4) is 0 Å². The van der Waals surface area contributed by atoms with Crippen molar-refractivity contribution < 1.29 is 5.21 Å². The average Bonchev–Trinajstić information content (AvgIpc) is 2.64. The minimum atomic E-state index is 0.299. The third-order valence-corrected chi connectivity index (χ3v) is 2.82. The first-order valence-corrected chi connectivity index (χ1v) is 5.79. The topological polar surface area (TPSA) is 88.5 Å². The molecule has 0 amide bonds. The Labute approximate surface area is 101 Å². The molecule has 0 saturated carbocycles. The SMILES string of the molecule is Cc1c(CNCCCCC(N)=NO)cnn1C. The lowest BCUT2D eigenvalue weighted by Gasteiger charge is -2.04. The van der Waals surface area contributed by atoms with E-state index in [1.807, 2.05) is 17.9 Å². The second-order valence-corrected chi connectivity index (χ2v) is 4.10. The van der Waals surface area contributed by atoms with Crippen LogP contribution in [0.5, 0.6) is 0 Å². The number of oxime groups is 1. The molecular formula is C11H21N5O. The lowest BCUT2D eigenvalue weighted by atomic mass is 10.2. The lowest BCUT2D eigenvalue weighted by Crippen LogP contribution is -2.16. The third-order valence-electron chi connectivity index (χ3n) is 2.82. The predicted octanol–water partition coefficient (Wildman–Crippen LogP) is 0.735. The Morgan fingerprint density at radius 1 is 1.59 bits per heavy atom. The summed E-state index contributed by atoms with van der Waals surface area (Å²) >= 11 is 0. The highest BCUT2D eigenvalue weighted by atomic mass is 16.4. The third kappa shape index (κ3) is 4.44. The second kappa shape index (κ2) is 6.90. The van der Waals surface area contributed by atoms with Gasteiger partial charge in [0.05, 0.1) is 6.20 Å². The van der Waals surface area contributed by atoms with Crippen molar-refractivity contribution >= 4 is 5.84 Å². The molecule has 0 radical (unpaired) electrons. The minimum Gasteiger partial charge on any atom is -0.409 e. The van der Waals surface area contributed by atoms with E-state index in [9.17, 15) is 0 Å². The van der Waals surface area contributed by atoms with E-state index in [-0.39, 0.29) is 0 Å². The first kappa shape index (κ1) is 13.5. The van der Waals surface area contributed by atoms with E-state index in [4.69, 9.17) is 10.9 Å². The van der Waals surface area contributed by atoms with Gasteiger partial charge in [-0.05, 0) is 26.3 Å². The van der Waals surface area contributed by atoms with Gasteiger partial charge in [0.25, 0.3) is 0 Å². The highest BCUT2D eigenvalue weighted by Gasteiger charge is 2.02. The molecule has 6 nitrogen and oxygen atoms in total. The fraction of sp³-hybridized carbons (Fsp3) is 0.636. The van der Waals surface area contributed by atoms with Crippen molar-refractivity contribution in [3.05, 3.63) is 17.5 Å². The number of hydrogen-bond acceptors (Lipinski definition) is 4. The Morgan fingerprint density at radius 3 is 2.94 bits per heavy atom. The largest absolute Gasteiger partial charge is 0.409 e. The van der Waals surface area contributed by atoms with Gasteiger partial charge < -0.3 is 16.3 Å². The van der Waals surface area contributed by atoms with E-state index in [0.29, 0.717) is 12.3 Å². The van der Waals surface area contributed by atoms with Gasteiger partial charge in [-0.25, -0.2) is 0 Å². The first-order valence-electron chi connectivity index (χ1n) is 5.79. The molecular weight excluding hydrogens is 218 g/mol. The summed E-state index contributed by atoms with van der Waals surface area (Å²) in [6.45, 7) is 3.82. The summed E-state index contributed by atoms with van der Waals surface area (Å²) in [5.41, 5.74) is 7.78. The van der Waals surface area contributed by atoms with Gasteiger partial charge in [-0.1, -0.05) is 5.16 Å². The molecule has 0 fully saturated rings. The maximum Gasteiger partial charge on any atom is 0.139 e. The van der Waals surface area contributed by atoms with Gasteiger partial charge in [0.15, 0.2) is 0 Å². The standard InChI is InChI=1S/C11H21N5O/c1-9-10(8-14-16(9)2)7-13-6-4-3-5-11(12)15-17/h8,13,17H,3-7H2,1-2H3,(H2,12,15). The van der Waals surface area contributed by atoms with Crippen LogP contribution in [0.15, 0.2) is 11.4 Å². The summed E-state index contributed by atoms with van der Waals surface area (Å²) in [6.07, 6.45) is 4.47. The van der Waals surface area contributed by atoms with Crippen molar-refractivity contribution in [3.8, 4) is 0 Å². The monoisotopic (exact) mass is 239 g/mol. The van der Waals surface area contributed by atoms with Crippen LogP contribution in [0.4, 0.5) is 0 Å². The Morgan fingerprint density at radius 2 is 2.35 bits per heavy atom. The zero-order valence-electron chi connectivity index (χ0n) is 10.5. The van der Waals surface area contributed by atoms with Gasteiger partial charge in [0, 0.05) is 31.3 Å². The number of amidine groups is 1. The molecule has 0 aliphatic carbocycles. The van der Waals surface area contributed by atoms with Crippen molar-refractivity contribution in [2.24, 2.45) is 17.9 Å². The van der Waals surface area contributed by atoms with E-state index in [2.05, 4.69) is 22.5 Å². The molecule has 6 heteroatoms. The average molecular weight is 239 g/mol. The molecule has 1 heterocycles. The zero-order valence-corrected chi connectivity index (χ0v) is 10.5. The molecule has 0 bridgehead atoms. The predicted molar refractivity (Wildman–Crippen MR) is 66.9 cm³/mol. The Balaban J connectivity index is 2.11. The minimum absolute atomic E-state index is 0.299. The summed E-state index contributed by atoms with van der Waals surface area (Å²) in [6, 6.07) is 0. The fourth-order valence-corrected chi connectivity index (χ4v) is 1.55. The van der Waals surface area contributed by atoms with E-state index in [0.717, 1.165) is 25.9 Å². The quantitative estimate of drug-likeness (QED) is 0.215. The molecule has 17 heavy (non-hydrogen) atoms. The zero-order chi connectivity index (χ0) is 12.7. The Bertz CT molecular complexity index is 372. The lowest BCUT2D eigenvalue weighted by molar-refractivity contribution is 0.316. The summed E-state index contributed by atoms with van der Waals surface area (Å²) in [7, 11) is 1.94. The van der Waals surface area contributed by atoms with Gasteiger partial charge >= 0.3 is 0 Å². The fourth-order valence-electron chi connectivity index (χ4n) is 1.55. The molecule has 1 aromatic rings. The van der Waals surface area contributed by atoms with Crippen LogP contribution in [-0.4, -0.2) is 27.4 Å². The van der Waals surface area contributed by atoms with Crippen molar-refractivity contribution in [2.75, 3.05) is 6.54 Å². The van der Waals surface area contributed by atoms with Crippen molar-refractivity contribution in [1.82, 2.24) is 15.1 Å². The number of aryl methyl sites for hydroxylation is 1. The highest BCUT2D eigenvalue weighted by molar-refractivity contribution is 5.79. The van der Waals surface area contributed by atoms with Gasteiger partial charge in [-0.2, -0.15) is 5.10 Å². The maximum absolute atomic E-state index is 8.36. The van der Waals surface area contributed by atoms with Crippen LogP contribution >= 0.6 is 0 Å². The van der Waals surface area contributed by atoms with Crippen molar-refractivity contribution in [2.45, 2.75) is 32.7 Å². The molecule has 0 aliphatic rings. The van der Waals surface area contributed by atoms with E-state index in [1.54, 1.807) is 0 Å². The molecule has 1 rings (SSSR count). The van der Waals surface area contributed by atoms with Crippen LogP contribution < -0.4 is 11.1 Å². The molecule has 4 N–H and O–H groups in total. The van der Waals surface area contributed by atoms with Gasteiger partial charge in [-0.3, -0.25) is 4.68 Å². The molecule has 96 valence electrons.